The molecule has 118 valence electrons. The second-order valence-corrected chi connectivity index (χ2v) is 4.86. The lowest BCUT2D eigenvalue weighted by Crippen LogP contribution is -2.47. The zero-order valence-corrected chi connectivity index (χ0v) is 13.0. The van der Waals surface area contributed by atoms with Gasteiger partial charge in [0.1, 0.15) is 5.60 Å². The summed E-state index contributed by atoms with van der Waals surface area (Å²) in [4.78, 5) is 39.3. The van der Waals surface area contributed by atoms with Crippen molar-refractivity contribution < 1.29 is 28.7 Å². The molecule has 0 saturated carbocycles. The standard InChI is InChI=1S/C13H20N2O6/c1-13(2,3)21-12(18)14-9(7-8-10(16)19-5)11(17)15(4)20-6/h9H,1-6H3,(H,14,18). The number of nitrogens with zero attached hydrogens (tertiary/aromatic N) is 1. The van der Waals surface area contributed by atoms with E-state index in [1.165, 1.54) is 14.2 Å². The molecule has 8 heteroatoms. The van der Waals surface area contributed by atoms with Crippen molar-refractivity contribution in [2.45, 2.75) is 32.4 Å². The van der Waals surface area contributed by atoms with Crippen LogP contribution in [0, 0.1) is 11.8 Å². The average Bonchev–Trinajstić information content (AvgIpc) is 2.39. The van der Waals surface area contributed by atoms with Crippen LogP contribution in [-0.4, -0.2) is 55.9 Å². The Morgan fingerprint density at radius 3 is 2.19 bits per heavy atom. The fraction of sp³-hybridized carbons (Fsp3) is 0.615. The monoisotopic (exact) mass is 300 g/mol. The summed E-state index contributed by atoms with van der Waals surface area (Å²) in [6.45, 7) is 5.01. The molecular weight excluding hydrogens is 280 g/mol. The maximum absolute atomic E-state index is 12.0. The van der Waals surface area contributed by atoms with Crippen molar-refractivity contribution in [2.24, 2.45) is 0 Å². The zero-order chi connectivity index (χ0) is 16.6. The van der Waals surface area contributed by atoms with Crippen LogP contribution in [0.5, 0.6) is 0 Å². The van der Waals surface area contributed by atoms with Crippen LogP contribution in [0.3, 0.4) is 0 Å². The van der Waals surface area contributed by atoms with Crippen LogP contribution in [0.15, 0.2) is 0 Å². The fourth-order valence-electron chi connectivity index (χ4n) is 1.04. The molecule has 21 heavy (non-hydrogen) atoms. The molecule has 1 N–H and O–H groups in total. The normalized spacial score (nSPS) is 11.5. The van der Waals surface area contributed by atoms with Crippen molar-refractivity contribution in [3.63, 3.8) is 0 Å². The molecule has 0 fully saturated rings. The van der Waals surface area contributed by atoms with E-state index in [-0.39, 0.29) is 0 Å². The summed E-state index contributed by atoms with van der Waals surface area (Å²) in [5, 5.41) is 3.12. The predicted molar refractivity (Wildman–Crippen MR) is 72.7 cm³/mol. The molecular formula is C13H20N2O6. The molecule has 0 rings (SSSR count). The van der Waals surface area contributed by atoms with E-state index in [1.807, 2.05) is 0 Å². The van der Waals surface area contributed by atoms with E-state index in [1.54, 1.807) is 20.8 Å². The van der Waals surface area contributed by atoms with E-state index >= 15 is 0 Å². The lowest BCUT2D eigenvalue weighted by molar-refractivity contribution is -0.169. The highest BCUT2D eigenvalue weighted by molar-refractivity contribution is 5.92. The summed E-state index contributed by atoms with van der Waals surface area (Å²) >= 11 is 0. The van der Waals surface area contributed by atoms with Crippen LogP contribution < -0.4 is 5.32 Å². The smallest absolute Gasteiger partial charge is 0.409 e. The molecule has 0 aromatic rings. The number of carbonyl (C=O) groups excluding carboxylic acids is 3. The van der Waals surface area contributed by atoms with Crippen molar-refractivity contribution >= 4 is 18.0 Å². The van der Waals surface area contributed by atoms with Crippen LogP contribution >= 0.6 is 0 Å². The van der Waals surface area contributed by atoms with Gasteiger partial charge in [0.2, 0.25) is 0 Å². The van der Waals surface area contributed by atoms with Gasteiger partial charge in [-0.25, -0.2) is 14.7 Å². The van der Waals surface area contributed by atoms with Crippen molar-refractivity contribution in [2.75, 3.05) is 21.3 Å². The number of alkyl carbamates (subject to hydrolysis) is 1. The number of hydroxylamine groups is 2. The highest BCUT2D eigenvalue weighted by atomic mass is 16.7. The molecule has 2 amide bonds. The largest absolute Gasteiger partial charge is 0.459 e. The number of methoxy groups -OCH3 is 1. The van der Waals surface area contributed by atoms with Gasteiger partial charge in [-0.3, -0.25) is 14.9 Å². The van der Waals surface area contributed by atoms with Crippen LogP contribution in [0.4, 0.5) is 4.79 Å². The minimum atomic E-state index is -1.30. The van der Waals surface area contributed by atoms with E-state index in [2.05, 4.69) is 21.9 Å². The van der Waals surface area contributed by atoms with Gasteiger partial charge < -0.3 is 9.47 Å². The van der Waals surface area contributed by atoms with Gasteiger partial charge >= 0.3 is 12.1 Å². The number of carbonyl (C=O) groups is 3. The number of rotatable bonds is 3. The van der Waals surface area contributed by atoms with Gasteiger partial charge in [0.15, 0.2) is 6.04 Å². The van der Waals surface area contributed by atoms with Gasteiger partial charge in [0, 0.05) is 13.0 Å². The Morgan fingerprint density at radius 2 is 1.76 bits per heavy atom. The SMILES string of the molecule is COC(=O)C#CC(NC(=O)OC(C)(C)C)C(=O)N(C)OC. The molecule has 8 nitrogen and oxygen atoms in total. The number of ether oxygens (including phenoxy) is 2. The molecule has 0 spiro atoms. The first kappa shape index (κ1) is 18.7. The summed E-state index contributed by atoms with van der Waals surface area (Å²) in [6, 6.07) is -1.30. The zero-order valence-electron chi connectivity index (χ0n) is 13.0. The minimum Gasteiger partial charge on any atom is -0.459 e. The molecule has 1 atom stereocenters. The third-order valence-corrected chi connectivity index (χ3v) is 2.00. The van der Waals surface area contributed by atoms with Crippen molar-refractivity contribution in [3.8, 4) is 11.8 Å². The molecule has 1 unspecified atom stereocenters. The highest BCUT2D eigenvalue weighted by Gasteiger charge is 2.25. The van der Waals surface area contributed by atoms with E-state index < -0.39 is 29.6 Å². The average molecular weight is 300 g/mol. The molecule has 0 radical (unpaired) electrons. The highest BCUT2D eigenvalue weighted by Crippen LogP contribution is 2.07. The van der Waals surface area contributed by atoms with E-state index in [9.17, 15) is 14.4 Å². The molecule has 0 aliphatic heterocycles. The first-order valence-electron chi connectivity index (χ1n) is 6.01. The molecule has 0 saturated heterocycles. The third-order valence-electron chi connectivity index (χ3n) is 2.00. The van der Waals surface area contributed by atoms with Gasteiger partial charge in [-0.2, -0.15) is 0 Å². The number of nitrogens with one attached hydrogen (secondary N) is 1. The van der Waals surface area contributed by atoms with Crippen LogP contribution in [-0.2, 0) is 23.9 Å². The van der Waals surface area contributed by atoms with Crippen LogP contribution in [0.2, 0.25) is 0 Å². The predicted octanol–water partition coefficient (Wildman–Crippen LogP) is 0.0759. The number of hydrogen-bond acceptors (Lipinski definition) is 6. The maximum atomic E-state index is 12.0. The van der Waals surface area contributed by atoms with E-state index in [0.717, 1.165) is 12.2 Å². The maximum Gasteiger partial charge on any atom is 0.409 e. The lowest BCUT2D eigenvalue weighted by atomic mass is 10.2. The van der Waals surface area contributed by atoms with Crippen LogP contribution in [0.25, 0.3) is 0 Å². The Balaban J connectivity index is 5.04. The summed E-state index contributed by atoms with van der Waals surface area (Å²) in [7, 11) is 3.76. The number of amides is 2. The molecule has 0 heterocycles. The second kappa shape index (κ2) is 8.11. The van der Waals surface area contributed by atoms with Gasteiger partial charge in [0.05, 0.1) is 14.2 Å². The summed E-state index contributed by atoms with van der Waals surface area (Å²) in [6.07, 6.45) is -0.843. The Bertz CT molecular complexity index is 458. The summed E-state index contributed by atoms with van der Waals surface area (Å²) in [5.41, 5.74) is -0.735. The first-order chi connectivity index (χ1) is 9.60. The fourth-order valence-corrected chi connectivity index (χ4v) is 1.04. The van der Waals surface area contributed by atoms with Gasteiger partial charge in [0.25, 0.3) is 5.91 Å². The molecule has 0 aliphatic rings. The molecule has 0 aliphatic carbocycles. The van der Waals surface area contributed by atoms with Crippen molar-refractivity contribution in [1.29, 1.82) is 0 Å². The van der Waals surface area contributed by atoms with Crippen molar-refractivity contribution in [1.82, 2.24) is 10.4 Å². The van der Waals surface area contributed by atoms with Crippen molar-refractivity contribution in [3.05, 3.63) is 0 Å². The topological polar surface area (TPSA) is 94.2 Å². The Labute approximate surface area is 123 Å². The summed E-state index contributed by atoms with van der Waals surface area (Å²) < 4.78 is 9.36. The molecule has 0 aromatic carbocycles. The first-order valence-corrected chi connectivity index (χ1v) is 6.01. The number of likely N-dealkylation sites (N-methyl/N-ethyl adjacent to an activating group) is 1. The van der Waals surface area contributed by atoms with Crippen LogP contribution in [0.1, 0.15) is 20.8 Å². The van der Waals surface area contributed by atoms with E-state index in [4.69, 9.17) is 9.57 Å². The Kier molecular flexibility index (Phi) is 7.24. The third kappa shape index (κ3) is 7.79. The lowest BCUT2D eigenvalue weighted by Gasteiger charge is -2.23. The molecule has 0 bridgehead atoms. The number of esters is 1. The van der Waals surface area contributed by atoms with Gasteiger partial charge in [-0.05, 0) is 20.8 Å². The number of hydrogen-bond donors (Lipinski definition) is 1. The quantitative estimate of drug-likeness (QED) is 0.343. The van der Waals surface area contributed by atoms with Gasteiger partial charge in [-0.15, -0.1) is 0 Å². The minimum absolute atomic E-state index is 0.667. The molecule has 0 aromatic heterocycles. The van der Waals surface area contributed by atoms with Gasteiger partial charge in [-0.1, -0.05) is 5.92 Å². The Morgan fingerprint density at radius 1 is 1.19 bits per heavy atom. The summed E-state index contributed by atoms with van der Waals surface area (Å²) in [5.74, 6) is 2.87. The second-order valence-electron chi connectivity index (χ2n) is 4.86. The Hall–Kier alpha value is -2.27. The van der Waals surface area contributed by atoms with E-state index in [0.29, 0.717) is 0 Å².